The average Bonchev–Trinajstić information content (AvgIpc) is 2.76. The summed E-state index contributed by atoms with van der Waals surface area (Å²) in [6, 6.07) is 8.93. The summed E-state index contributed by atoms with van der Waals surface area (Å²) >= 11 is 0. The predicted molar refractivity (Wildman–Crippen MR) is 99.5 cm³/mol. The number of benzene rings is 2. The minimum absolute atomic E-state index is 0.0483. The van der Waals surface area contributed by atoms with E-state index in [1.807, 2.05) is 0 Å². The van der Waals surface area contributed by atoms with Crippen LogP contribution in [0.1, 0.15) is 15.9 Å². The van der Waals surface area contributed by atoms with E-state index in [4.69, 9.17) is 4.74 Å². The molecule has 0 fully saturated rings. The van der Waals surface area contributed by atoms with Crippen molar-refractivity contribution in [2.45, 2.75) is 5.60 Å². The molecule has 0 radical (unpaired) electrons. The van der Waals surface area contributed by atoms with Gasteiger partial charge < -0.3 is 14.2 Å². The van der Waals surface area contributed by atoms with E-state index < -0.39 is 35.1 Å². The molecule has 0 bridgehead atoms. The molecule has 0 amide bonds. The van der Waals surface area contributed by atoms with Crippen LogP contribution in [-0.2, 0) is 29.4 Å². The third kappa shape index (κ3) is 5.66. The third-order valence-corrected chi connectivity index (χ3v) is 3.63. The van der Waals surface area contributed by atoms with Crippen molar-refractivity contribution in [2.24, 2.45) is 0 Å². The van der Waals surface area contributed by atoms with Crippen molar-refractivity contribution >= 4 is 17.9 Å². The zero-order valence-corrected chi connectivity index (χ0v) is 15.8. The van der Waals surface area contributed by atoms with Crippen molar-refractivity contribution in [1.82, 2.24) is 0 Å². The van der Waals surface area contributed by atoms with E-state index in [1.54, 1.807) is 0 Å². The minimum Gasteiger partial charge on any atom is -0.459 e. The Balaban J connectivity index is 2.64. The lowest BCUT2D eigenvalue weighted by molar-refractivity contribution is -0.134. The van der Waals surface area contributed by atoms with Gasteiger partial charge in [-0.05, 0) is 48.2 Å². The van der Waals surface area contributed by atoms with Crippen LogP contribution in [0.4, 0.5) is 8.78 Å². The van der Waals surface area contributed by atoms with Gasteiger partial charge in [-0.3, -0.25) is 0 Å². The first-order valence-corrected chi connectivity index (χ1v) is 8.27. The maximum atomic E-state index is 13.4. The van der Waals surface area contributed by atoms with E-state index in [-0.39, 0.29) is 11.1 Å². The van der Waals surface area contributed by atoms with Crippen LogP contribution in [0.3, 0.4) is 0 Å². The molecule has 0 aromatic heterocycles. The smallest absolute Gasteiger partial charge is 0.384 e. The number of carbonyl (C=O) groups excluding carboxylic acids is 3. The van der Waals surface area contributed by atoms with Crippen molar-refractivity contribution in [3.05, 3.63) is 71.3 Å². The lowest BCUT2D eigenvalue weighted by Gasteiger charge is -2.23. The quantitative estimate of drug-likeness (QED) is 0.333. The van der Waals surface area contributed by atoms with Crippen molar-refractivity contribution in [1.29, 1.82) is 0 Å². The van der Waals surface area contributed by atoms with Crippen molar-refractivity contribution in [2.75, 3.05) is 14.2 Å². The molecule has 152 valence electrons. The zero-order chi connectivity index (χ0) is 22.1. The molecule has 0 aliphatic rings. The Morgan fingerprint density at radius 1 is 0.767 bits per heavy atom. The molecule has 2 rings (SSSR count). The molecule has 0 aliphatic carbocycles. The molecule has 0 saturated heterocycles. The van der Waals surface area contributed by atoms with E-state index in [9.17, 15) is 23.2 Å². The van der Waals surface area contributed by atoms with Crippen molar-refractivity contribution in [3.63, 3.8) is 0 Å². The van der Waals surface area contributed by atoms with Gasteiger partial charge in [0.05, 0.1) is 19.8 Å². The Labute approximate surface area is 170 Å². The first-order valence-electron chi connectivity index (χ1n) is 8.27. The fourth-order valence-corrected chi connectivity index (χ4v) is 2.13. The molecule has 0 atom stereocenters. The molecule has 0 spiro atoms. The molecule has 0 N–H and O–H groups in total. The van der Waals surface area contributed by atoms with Gasteiger partial charge in [-0.2, -0.15) is 0 Å². The highest BCUT2D eigenvalue weighted by atomic mass is 19.1. The van der Waals surface area contributed by atoms with E-state index in [1.165, 1.54) is 12.1 Å². The Kier molecular flexibility index (Phi) is 7.27. The van der Waals surface area contributed by atoms with E-state index in [0.29, 0.717) is 0 Å². The monoisotopic (exact) mass is 412 g/mol. The first kappa shape index (κ1) is 22.1. The molecule has 2 aromatic rings. The largest absolute Gasteiger partial charge is 0.459 e. The van der Waals surface area contributed by atoms with E-state index in [2.05, 4.69) is 33.2 Å². The number of ether oxygens (including phenoxy) is 3. The summed E-state index contributed by atoms with van der Waals surface area (Å²) < 4.78 is 40.9. The summed E-state index contributed by atoms with van der Waals surface area (Å²) in [4.78, 5) is 35.8. The maximum absolute atomic E-state index is 13.4. The fourth-order valence-electron chi connectivity index (χ4n) is 2.13. The topological polar surface area (TPSA) is 78.9 Å². The number of rotatable bonds is 3. The minimum atomic E-state index is -2.17. The number of carbonyl (C=O) groups is 3. The van der Waals surface area contributed by atoms with E-state index in [0.717, 1.165) is 50.6 Å². The van der Waals surface area contributed by atoms with Gasteiger partial charge in [0.2, 0.25) is 0 Å². The summed E-state index contributed by atoms with van der Waals surface area (Å²) in [5, 5.41) is 0. The first-order chi connectivity index (χ1) is 14.3. The van der Waals surface area contributed by atoms with Crippen LogP contribution >= 0.6 is 0 Å². The SMILES string of the molecule is COC(=O)C#CC(C#CC(=O)OC)(OC(=O)c1ccc(F)cc1)c1ccc(F)cc1. The average molecular weight is 412 g/mol. The van der Waals surface area contributed by atoms with Crippen molar-refractivity contribution < 1.29 is 37.4 Å². The molecule has 2 aromatic carbocycles. The number of hydrogen-bond acceptors (Lipinski definition) is 6. The molecular weight excluding hydrogens is 398 g/mol. The number of methoxy groups -OCH3 is 2. The number of hydrogen-bond donors (Lipinski definition) is 0. The highest BCUT2D eigenvalue weighted by molar-refractivity contribution is 5.92. The van der Waals surface area contributed by atoms with Crippen LogP contribution in [0.15, 0.2) is 48.5 Å². The molecule has 0 heterocycles. The Morgan fingerprint density at radius 2 is 1.20 bits per heavy atom. The number of esters is 3. The Hall–Kier alpha value is -4.17. The molecule has 0 unspecified atom stereocenters. The highest BCUT2D eigenvalue weighted by Crippen LogP contribution is 2.27. The molecular formula is C22H14F2O6. The standard InChI is InChI=1S/C22H14F2O6/c1-28-19(25)11-13-22(14-12-20(26)29-2,16-5-9-18(24)10-6-16)30-21(27)15-3-7-17(23)8-4-15/h3-10H,1-2H3. The molecule has 0 saturated carbocycles. The van der Waals surface area contributed by atoms with Crippen LogP contribution in [0.2, 0.25) is 0 Å². The van der Waals surface area contributed by atoms with Gasteiger partial charge in [0.1, 0.15) is 11.6 Å². The summed E-state index contributed by atoms with van der Waals surface area (Å²) in [7, 11) is 2.17. The van der Waals surface area contributed by atoms with Crippen LogP contribution in [0.5, 0.6) is 0 Å². The fraction of sp³-hybridized carbons (Fsp3) is 0.136. The summed E-state index contributed by atoms with van der Waals surface area (Å²) in [5.41, 5.74) is -2.17. The van der Waals surface area contributed by atoms with Crippen LogP contribution in [0, 0.1) is 35.3 Å². The van der Waals surface area contributed by atoms with Gasteiger partial charge >= 0.3 is 17.9 Å². The van der Waals surface area contributed by atoms with Gasteiger partial charge in [0, 0.05) is 17.4 Å². The summed E-state index contributed by atoms with van der Waals surface area (Å²) in [6.45, 7) is 0. The van der Waals surface area contributed by atoms with Crippen LogP contribution < -0.4 is 0 Å². The molecule has 0 aliphatic heterocycles. The van der Waals surface area contributed by atoms with Gasteiger partial charge in [-0.1, -0.05) is 12.1 Å². The van der Waals surface area contributed by atoms with Gasteiger partial charge in [0.25, 0.3) is 5.60 Å². The van der Waals surface area contributed by atoms with Gasteiger partial charge in [0.15, 0.2) is 0 Å². The Bertz CT molecular complexity index is 1030. The van der Waals surface area contributed by atoms with Crippen LogP contribution in [-0.4, -0.2) is 32.1 Å². The van der Waals surface area contributed by atoms with Gasteiger partial charge in [-0.15, -0.1) is 0 Å². The third-order valence-electron chi connectivity index (χ3n) is 3.63. The lowest BCUT2D eigenvalue weighted by Crippen LogP contribution is -2.30. The second kappa shape index (κ2) is 9.85. The summed E-state index contributed by atoms with van der Waals surface area (Å²) in [6.07, 6.45) is 0. The second-order valence-corrected chi connectivity index (χ2v) is 5.57. The van der Waals surface area contributed by atoms with Crippen LogP contribution in [0.25, 0.3) is 0 Å². The molecule has 30 heavy (non-hydrogen) atoms. The zero-order valence-electron chi connectivity index (χ0n) is 15.8. The van der Waals surface area contributed by atoms with E-state index >= 15 is 0 Å². The predicted octanol–water partition coefficient (Wildman–Crippen LogP) is 2.37. The maximum Gasteiger partial charge on any atom is 0.384 e. The number of halogens is 2. The highest BCUT2D eigenvalue weighted by Gasteiger charge is 2.34. The van der Waals surface area contributed by atoms with Crippen molar-refractivity contribution in [3.8, 4) is 23.7 Å². The normalized spacial score (nSPS) is 9.87. The summed E-state index contributed by atoms with van der Waals surface area (Å²) in [5.74, 6) is 4.82. The second-order valence-electron chi connectivity index (χ2n) is 5.57. The lowest BCUT2D eigenvalue weighted by atomic mass is 9.94. The van der Waals surface area contributed by atoms with Gasteiger partial charge in [-0.25, -0.2) is 23.2 Å². The Morgan fingerprint density at radius 3 is 1.63 bits per heavy atom. The molecule has 6 nitrogen and oxygen atoms in total. The molecule has 8 heteroatoms.